The number of H-pyrrole nitrogens is 1. The summed E-state index contributed by atoms with van der Waals surface area (Å²) in [5.74, 6) is -3.73. The minimum Gasteiger partial charge on any atom is -0.378 e. The number of anilines is 2. The Morgan fingerprint density at radius 1 is 1.09 bits per heavy atom. The van der Waals surface area contributed by atoms with Gasteiger partial charge in [0.25, 0.3) is 0 Å². The molecule has 2 aromatic heterocycles. The molecule has 11 heteroatoms. The van der Waals surface area contributed by atoms with Crippen LogP contribution in [0.3, 0.4) is 0 Å². The average Bonchev–Trinajstić information content (AvgIpc) is 3.24. The maximum atomic E-state index is 15.1. The molecular weight excluding hydrogens is 476 g/mol. The summed E-state index contributed by atoms with van der Waals surface area (Å²) >= 11 is 0. The number of sulfonamides is 1. The number of fused-ring (bicyclic) bond motifs is 1. The second-order valence-electron chi connectivity index (χ2n) is 8.17. The number of pyridine rings is 1. The summed E-state index contributed by atoms with van der Waals surface area (Å²) in [5.41, 5.74) is 1.13. The number of hydrogen-bond acceptors (Lipinski definition) is 6. The summed E-state index contributed by atoms with van der Waals surface area (Å²) in [7, 11) is -0.00519. The molecule has 2 N–H and O–H groups in total. The molecule has 0 aliphatic rings. The molecule has 0 saturated heterocycles. The molecule has 182 valence electrons. The van der Waals surface area contributed by atoms with Crippen molar-refractivity contribution in [3.63, 3.8) is 0 Å². The number of carbonyl (C=O) groups is 1. The van der Waals surface area contributed by atoms with E-state index in [-0.39, 0.29) is 22.5 Å². The van der Waals surface area contributed by atoms with Crippen LogP contribution < -0.4 is 9.62 Å². The van der Waals surface area contributed by atoms with E-state index in [9.17, 15) is 17.6 Å². The topological polar surface area (TPSA) is 108 Å². The van der Waals surface area contributed by atoms with Gasteiger partial charge in [0.1, 0.15) is 11.5 Å². The third-order valence-electron chi connectivity index (χ3n) is 5.41. The molecule has 0 amide bonds. The fourth-order valence-electron chi connectivity index (χ4n) is 3.63. The first-order valence-corrected chi connectivity index (χ1v) is 12.4. The van der Waals surface area contributed by atoms with Crippen LogP contribution in [0.1, 0.15) is 29.4 Å². The molecule has 0 bridgehead atoms. The van der Waals surface area contributed by atoms with E-state index in [2.05, 4.69) is 19.9 Å². The Morgan fingerprint density at radius 3 is 2.46 bits per heavy atom. The lowest BCUT2D eigenvalue weighted by molar-refractivity contribution is 0.102. The van der Waals surface area contributed by atoms with E-state index >= 15 is 4.39 Å². The smallest absolute Gasteiger partial charge is 0.232 e. The van der Waals surface area contributed by atoms with E-state index in [1.54, 1.807) is 19.2 Å². The highest BCUT2D eigenvalue weighted by molar-refractivity contribution is 7.92. The second-order valence-corrected chi connectivity index (χ2v) is 10.0. The van der Waals surface area contributed by atoms with E-state index < -0.39 is 38.7 Å². The molecule has 0 atom stereocenters. The van der Waals surface area contributed by atoms with E-state index in [1.165, 1.54) is 0 Å². The average molecular weight is 500 g/mol. The van der Waals surface area contributed by atoms with Gasteiger partial charge in [-0.05, 0) is 42.3 Å². The quantitative estimate of drug-likeness (QED) is 0.349. The zero-order chi connectivity index (χ0) is 25.3. The van der Waals surface area contributed by atoms with E-state index in [0.29, 0.717) is 12.0 Å². The first kappa shape index (κ1) is 24.3. The fourth-order valence-corrected chi connectivity index (χ4v) is 4.76. The van der Waals surface area contributed by atoms with Crippen LogP contribution in [-0.2, 0) is 10.0 Å². The van der Waals surface area contributed by atoms with Crippen LogP contribution in [0.5, 0.6) is 0 Å². The van der Waals surface area contributed by atoms with Gasteiger partial charge in [0.2, 0.25) is 15.8 Å². The lowest BCUT2D eigenvalue weighted by Gasteiger charge is -2.12. The van der Waals surface area contributed by atoms with Crippen LogP contribution in [0, 0.1) is 11.6 Å². The Labute approximate surface area is 201 Å². The van der Waals surface area contributed by atoms with Gasteiger partial charge in [-0.3, -0.25) is 14.6 Å². The molecule has 0 unspecified atom stereocenters. The Hall–Kier alpha value is -3.86. The highest BCUT2D eigenvalue weighted by Gasteiger charge is 2.27. The third kappa shape index (κ3) is 4.85. The monoisotopic (exact) mass is 499 g/mol. The predicted molar refractivity (Wildman–Crippen MR) is 131 cm³/mol. The third-order valence-corrected chi connectivity index (χ3v) is 6.88. The first-order chi connectivity index (χ1) is 16.6. The van der Waals surface area contributed by atoms with Gasteiger partial charge in [0.15, 0.2) is 11.5 Å². The normalized spacial score (nSPS) is 11.6. The predicted octanol–water partition coefficient (Wildman–Crippen LogP) is 4.35. The van der Waals surface area contributed by atoms with Gasteiger partial charge in [0.05, 0.1) is 22.4 Å². The van der Waals surface area contributed by atoms with Crippen molar-refractivity contribution in [2.75, 3.05) is 29.5 Å². The van der Waals surface area contributed by atoms with Gasteiger partial charge in [-0.2, -0.15) is 5.10 Å². The Kier molecular flexibility index (Phi) is 6.53. The number of hydrogen-bond donors (Lipinski definition) is 2. The van der Waals surface area contributed by atoms with E-state index in [4.69, 9.17) is 0 Å². The van der Waals surface area contributed by atoms with Gasteiger partial charge < -0.3 is 4.90 Å². The molecule has 0 aliphatic heterocycles. The molecule has 4 aromatic rings. The number of halogens is 2. The van der Waals surface area contributed by atoms with Crippen molar-refractivity contribution in [2.24, 2.45) is 0 Å². The summed E-state index contributed by atoms with van der Waals surface area (Å²) in [5, 5.41) is 6.83. The lowest BCUT2D eigenvalue weighted by atomic mass is 10.0. The van der Waals surface area contributed by atoms with Gasteiger partial charge in [0, 0.05) is 31.5 Å². The summed E-state index contributed by atoms with van der Waals surface area (Å²) in [6, 6.07) is 11.1. The summed E-state index contributed by atoms with van der Waals surface area (Å²) in [6.07, 6.45) is 1.90. The largest absolute Gasteiger partial charge is 0.378 e. The standard InChI is InChI=1S/C24H23F2N5O3S/c1-4-11-35(33,34)30-19-10-9-18(25)20(21(19)26)23(32)22-17-12-15(13-27-24(17)29-28-22)14-5-7-16(8-6-14)31(2)3/h5-10,12-13,30H,4,11H2,1-3H3,(H,27,28,29). The molecular formula is C24H23F2N5O3S. The molecule has 0 saturated carbocycles. The number of carbonyl (C=O) groups excluding carboxylic acids is 1. The van der Waals surface area contributed by atoms with E-state index in [0.717, 1.165) is 23.4 Å². The number of aromatic nitrogens is 3. The van der Waals surface area contributed by atoms with Gasteiger partial charge >= 0.3 is 0 Å². The molecule has 8 nitrogen and oxygen atoms in total. The molecule has 0 spiro atoms. The molecule has 0 fully saturated rings. The van der Waals surface area contributed by atoms with Crippen LogP contribution in [0.15, 0.2) is 48.7 Å². The van der Waals surface area contributed by atoms with Crippen molar-refractivity contribution in [2.45, 2.75) is 13.3 Å². The zero-order valence-electron chi connectivity index (χ0n) is 19.3. The number of nitrogens with one attached hydrogen (secondary N) is 2. The van der Waals surface area contributed by atoms with Gasteiger partial charge in [-0.25, -0.2) is 22.2 Å². The maximum Gasteiger partial charge on any atom is 0.232 e. The number of rotatable bonds is 8. The molecule has 2 aromatic carbocycles. The number of benzene rings is 2. The van der Waals surface area contributed by atoms with Crippen LogP contribution >= 0.6 is 0 Å². The van der Waals surface area contributed by atoms with Crippen LogP contribution in [0.2, 0.25) is 0 Å². The lowest BCUT2D eigenvalue weighted by Crippen LogP contribution is -2.18. The minimum absolute atomic E-state index is 0.231. The molecule has 4 rings (SSSR count). The summed E-state index contributed by atoms with van der Waals surface area (Å²) in [6.45, 7) is 1.65. The van der Waals surface area contributed by atoms with Crippen molar-refractivity contribution in [3.8, 4) is 11.1 Å². The number of aromatic amines is 1. The van der Waals surface area contributed by atoms with Crippen molar-refractivity contribution in [3.05, 3.63) is 71.6 Å². The Bertz CT molecular complexity index is 1520. The second kappa shape index (κ2) is 9.41. The maximum absolute atomic E-state index is 15.1. The van der Waals surface area contributed by atoms with Gasteiger partial charge in [-0.1, -0.05) is 19.1 Å². The minimum atomic E-state index is -3.85. The molecule has 0 aliphatic carbocycles. The van der Waals surface area contributed by atoms with E-state index in [1.807, 2.05) is 43.3 Å². The van der Waals surface area contributed by atoms with Crippen LogP contribution in [-0.4, -0.2) is 49.2 Å². The van der Waals surface area contributed by atoms with Crippen molar-refractivity contribution in [1.29, 1.82) is 0 Å². The number of nitrogens with zero attached hydrogens (tertiary/aromatic N) is 3. The molecule has 0 radical (unpaired) electrons. The Balaban J connectivity index is 1.75. The summed E-state index contributed by atoms with van der Waals surface area (Å²) < 4.78 is 56.0. The van der Waals surface area contributed by atoms with Crippen LogP contribution in [0.4, 0.5) is 20.2 Å². The Morgan fingerprint density at radius 2 is 1.80 bits per heavy atom. The van der Waals surface area contributed by atoms with Crippen molar-refractivity contribution in [1.82, 2.24) is 15.2 Å². The van der Waals surface area contributed by atoms with Crippen molar-refractivity contribution >= 4 is 38.2 Å². The summed E-state index contributed by atoms with van der Waals surface area (Å²) in [4.78, 5) is 19.4. The zero-order valence-corrected chi connectivity index (χ0v) is 20.1. The van der Waals surface area contributed by atoms with Gasteiger partial charge in [-0.15, -0.1) is 0 Å². The fraction of sp³-hybridized carbons (Fsp3) is 0.208. The van der Waals surface area contributed by atoms with Crippen molar-refractivity contribution < 1.29 is 22.0 Å². The first-order valence-electron chi connectivity index (χ1n) is 10.8. The molecule has 2 heterocycles. The molecule has 35 heavy (non-hydrogen) atoms. The van der Waals surface area contributed by atoms with Crippen LogP contribution in [0.25, 0.3) is 22.2 Å². The highest BCUT2D eigenvalue weighted by Crippen LogP contribution is 2.29. The number of ketones is 1. The highest BCUT2D eigenvalue weighted by atomic mass is 32.2. The SMILES string of the molecule is CCCS(=O)(=O)Nc1ccc(F)c(C(=O)c2n[nH]c3ncc(-c4ccc(N(C)C)cc4)cc23)c1F.